The van der Waals surface area contributed by atoms with Crippen molar-refractivity contribution in [3.8, 4) is 0 Å². The van der Waals surface area contributed by atoms with E-state index in [2.05, 4.69) is 6.08 Å². The number of carbonyl (C=O) groups is 1. The Morgan fingerprint density at radius 1 is 1.24 bits per heavy atom. The molecule has 3 aliphatic rings. The summed E-state index contributed by atoms with van der Waals surface area (Å²) in [6.07, 6.45) is 7.15. The lowest BCUT2D eigenvalue weighted by atomic mass is 9.68. The molecule has 2 N–H and O–H groups in total. The minimum Gasteiger partial charge on any atom is -0.459 e. The summed E-state index contributed by atoms with van der Waals surface area (Å²) in [6, 6.07) is 0. The van der Waals surface area contributed by atoms with Crippen LogP contribution in [0.2, 0.25) is 0 Å². The van der Waals surface area contributed by atoms with E-state index >= 15 is 0 Å². The fraction of sp³-hybridized carbons (Fsp3) is 0.688. The average molecular weight is 304 g/mol. The summed E-state index contributed by atoms with van der Waals surface area (Å²) < 4.78 is 11.2. The zero-order valence-corrected chi connectivity index (χ0v) is 13.2. The molecule has 5 nitrogen and oxygen atoms in total. The van der Waals surface area contributed by atoms with E-state index in [-0.39, 0.29) is 22.1 Å². The fourth-order valence-corrected chi connectivity index (χ4v) is 3.31. The van der Waals surface area contributed by atoms with Crippen LogP contribution in [-0.2, 0) is 14.3 Å². The summed E-state index contributed by atoms with van der Waals surface area (Å²) in [5.74, 6) is 1.39. The molecular weight excluding hydrogens is 272 g/mol. The molecule has 2 heterocycles. The molecule has 1 aliphatic carbocycles. The van der Waals surface area contributed by atoms with E-state index in [0.717, 1.165) is 18.6 Å². The zero-order valence-electron chi connectivity index (χ0n) is 13.2. The second kappa shape index (κ2) is 8.20. The molecule has 0 amide bonds. The van der Waals surface area contributed by atoms with Gasteiger partial charge in [-0.3, -0.25) is 15.3 Å². The van der Waals surface area contributed by atoms with Crippen LogP contribution in [0, 0.1) is 17.8 Å². The highest BCUT2D eigenvalue weighted by Crippen LogP contribution is 2.46. The van der Waals surface area contributed by atoms with E-state index in [1.165, 1.54) is 12.0 Å². The minimum absolute atomic E-state index is 0. The Morgan fingerprint density at radius 3 is 2.57 bits per heavy atom. The van der Waals surface area contributed by atoms with Gasteiger partial charge in [0, 0.05) is 4.28 Å². The molecule has 0 bridgehead atoms. The predicted molar refractivity (Wildman–Crippen MR) is 85.7 cm³/mol. The van der Waals surface area contributed by atoms with Gasteiger partial charge in [0.05, 0.1) is 17.6 Å². The summed E-state index contributed by atoms with van der Waals surface area (Å²) in [5, 5.41) is 12.0. The van der Waals surface area contributed by atoms with Crippen molar-refractivity contribution in [2.45, 2.75) is 53.2 Å². The second-order valence-corrected chi connectivity index (χ2v) is 5.31. The molecule has 3 unspecified atom stereocenters. The van der Waals surface area contributed by atoms with E-state index in [1.54, 1.807) is 0 Å². The van der Waals surface area contributed by atoms with Crippen LogP contribution in [-0.4, -0.2) is 22.8 Å². The largest absolute Gasteiger partial charge is 0.459 e. The third-order valence-electron chi connectivity index (χ3n) is 4.27. The third kappa shape index (κ3) is 3.66. The molecule has 3 rings (SSSR count). The standard InChI is InChI=1S/C14H18O3.C2H6.H2O2.3H2/c1-8-6-7-10-4-3-5-11-9(2)13(15)17-14(16-8)12(10)11;2*1-2;;;/h6-7,9,11-12,14H,3-5H2,1-2H3;1-2H3;1-2H;3*1H/t9?,11?,12?,14-;;;;;/m0...../s1. The van der Waals surface area contributed by atoms with E-state index in [1.807, 2.05) is 33.8 Å². The second-order valence-electron chi connectivity index (χ2n) is 5.31. The van der Waals surface area contributed by atoms with Gasteiger partial charge in [0.15, 0.2) is 0 Å². The Bertz CT molecular complexity index is 426. The van der Waals surface area contributed by atoms with Crippen LogP contribution in [0.4, 0.5) is 0 Å². The first-order chi connectivity index (χ1) is 10.2. The lowest BCUT2D eigenvalue weighted by molar-refractivity contribution is -0.208. The summed E-state index contributed by atoms with van der Waals surface area (Å²) in [7, 11) is 0. The first-order valence-corrected chi connectivity index (χ1v) is 7.61. The molecule has 2 fully saturated rings. The maximum absolute atomic E-state index is 11.8. The van der Waals surface area contributed by atoms with Crippen LogP contribution in [0.1, 0.15) is 51.2 Å². The minimum atomic E-state index is -0.394. The smallest absolute Gasteiger partial charge is 0.312 e. The Kier molecular flexibility index (Phi) is 6.92. The molecule has 0 aromatic carbocycles. The average Bonchev–Trinajstić information content (AvgIpc) is 2.69. The number of ether oxygens (including phenoxy) is 2. The summed E-state index contributed by atoms with van der Waals surface area (Å²) >= 11 is 0. The first-order valence-electron chi connectivity index (χ1n) is 7.61. The number of esters is 1. The van der Waals surface area contributed by atoms with Gasteiger partial charge in [0.1, 0.15) is 0 Å². The highest BCUT2D eigenvalue weighted by Gasteiger charge is 2.48. The van der Waals surface area contributed by atoms with E-state index < -0.39 is 6.29 Å². The first kappa shape index (κ1) is 17.7. The van der Waals surface area contributed by atoms with Gasteiger partial charge >= 0.3 is 5.97 Å². The van der Waals surface area contributed by atoms with Gasteiger partial charge in [-0.25, -0.2) is 0 Å². The number of carbonyl (C=O) groups excluding carboxylic acids is 1. The molecule has 0 aromatic heterocycles. The van der Waals surface area contributed by atoms with E-state index in [9.17, 15) is 4.79 Å². The van der Waals surface area contributed by atoms with Crippen molar-refractivity contribution in [3.63, 3.8) is 0 Å². The molecule has 0 radical (unpaired) electrons. The molecule has 4 atom stereocenters. The van der Waals surface area contributed by atoms with Crippen LogP contribution in [0.25, 0.3) is 0 Å². The van der Waals surface area contributed by atoms with Gasteiger partial charge in [-0.05, 0) is 38.2 Å². The topological polar surface area (TPSA) is 76.0 Å². The molecule has 0 spiro atoms. The molecule has 0 aromatic rings. The van der Waals surface area contributed by atoms with Gasteiger partial charge in [0.25, 0.3) is 6.29 Å². The predicted octanol–water partition coefficient (Wildman–Crippen LogP) is 4.56. The Hall–Kier alpha value is -1.33. The lowest BCUT2D eigenvalue weighted by Crippen LogP contribution is -2.47. The van der Waals surface area contributed by atoms with Crippen LogP contribution in [0.15, 0.2) is 23.5 Å². The maximum Gasteiger partial charge on any atom is 0.312 e. The van der Waals surface area contributed by atoms with Crippen LogP contribution in [0.3, 0.4) is 0 Å². The van der Waals surface area contributed by atoms with E-state index in [0.29, 0.717) is 5.92 Å². The summed E-state index contributed by atoms with van der Waals surface area (Å²) in [5.41, 5.74) is 1.39. The lowest BCUT2D eigenvalue weighted by Gasteiger charge is -2.43. The molecule has 126 valence electrons. The van der Waals surface area contributed by atoms with Crippen LogP contribution in [0.5, 0.6) is 0 Å². The highest BCUT2D eigenvalue weighted by atomic mass is 17.0. The third-order valence-corrected chi connectivity index (χ3v) is 4.27. The number of hydrogen-bond acceptors (Lipinski definition) is 5. The van der Waals surface area contributed by atoms with Gasteiger partial charge in [-0.1, -0.05) is 32.4 Å². The van der Waals surface area contributed by atoms with Crippen molar-refractivity contribution in [1.82, 2.24) is 0 Å². The van der Waals surface area contributed by atoms with Gasteiger partial charge in [0.2, 0.25) is 0 Å². The molecular formula is C16H32O5. The maximum atomic E-state index is 11.8. The number of hydrogen-bond donors (Lipinski definition) is 2. The van der Waals surface area contributed by atoms with Crippen molar-refractivity contribution >= 4 is 5.97 Å². The Labute approximate surface area is 130 Å². The monoisotopic (exact) mass is 304 g/mol. The fourth-order valence-electron chi connectivity index (χ4n) is 3.31. The molecule has 5 heteroatoms. The van der Waals surface area contributed by atoms with Crippen molar-refractivity contribution < 1.29 is 29.1 Å². The number of rotatable bonds is 0. The molecule has 1 saturated heterocycles. The van der Waals surface area contributed by atoms with Crippen molar-refractivity contribution in [2.24, 2.45) is 17.8 Å². The van der Waals surface area contributed by atoms with E-state index in [4.69, 9.17) is 20.0 Å². The number of allylic oxidation sites excluding steroid dienone is 3. The highest BCUT2D eigenvalue weighted by molar-refractivity contribution is 5.73. The van der Waals surface area contributed by atoms with Crippen LogP contribution >= 0.6 is 0 Å². The molecule has 2 aliphatic heterocycles. The van der Waals surface area contributed by atoms with Gasteiger partial charge < -0.3 is 9.47 Å². The molecule has 21 heavy (non-hydrogen) atoms. The molecule has 1 saturated carbocycles. The quantitative estimate of drug-likeness (QED) is 0.389. The normalized spacial score (nSPS) is 33.1. The zero-order chi connectivity index (χ0) is 16.0. The summed E-state index contributed by atoms with van der Waals surface area (Å²) in [4.78, 5) is 11.8. The van der Waals surface area contributed by atoms with Crippen molar-refractivity contribution in [3.05, 3.63) is 23.5 Å². The summed E-state index contributed by atoms with van der Waals surface area (Å²) in [6.45, 7) is 7.90. The van der Waals surface area contributed by atoms with Crippen molar-refractivity contribution in [1.29, 1.82) is 0 Å². The Morgan fingerprint density at radius 2 is 1.90 bits per heavy atom. The van der Waals surface area contributed by atoms with Crippen molar-refractivity contribution in [2.75, 3.05) is 0 Å². The van der Waals surface area contributed by atoms with Gasteiger partial charge in [-0.2, -0.15) is 0 Å². The Balaban J connectivity index is -0.000000589. The van der Waals surface area contributed by atoms with Gasteiger partial charge in [-0.15, -0.1) is 0 Å². The van der Waals surface area contributed by atoms with Crippen LogP contribution < -0.4 is 0 Å². The SMILES string of the molecule is CC.CC1=CC=C2CCCC3C(C)C(=O)O[C@H](O1)C23.OO.[HH].[HH].[HH].